The summed E-state index contributed by atoms with van der Waals surface area (Å²) in [5.74, 6) is -2.32. The molecule has 0 saturated heterocycles. The molecule has 4 nitrogen and oxygen atoms in total. The van der Waals surface area contributed by atoms with Crippen molar-refractivity contribution >= 4 is 5.91 Å². The Bertz CT molecular complexity index is 677. The van der Waals surface area contributed by atoms with E-state index in [0.717, 1.165) is 12.1 Å². The van der Waals surface area contributed by atoms with Gasteiger partial charge in [0.25, 0.3) is 5.91 Å². The second-order valence-corrected chi connectivity index (χ2v) is 4.31. The third kappa shape index (κ3) is 3.09. The Balaban J connectivity index is 2.12. The van der Waals surface area contributed by atoms with Crippen LogP contribution in [0.1, 0.15) is 28.9 Å². The molecule has 0 spiro atoms. The van der Waals surface area contributed by atoms with Crippen molar-refractivity contribution in [2.75, 3.05) is 0 Å². The molecule has 1 aromatic carbocycles. The van der Waals surface area contributed by atoms with Crippen molar-refractivity contribution in [3.05, 3.63) is 69.6 Å². The molecule has 104 valence electrons. The second kappa shape index (κ2) is 5.64. The summed E-state index contributed by atoms with van der Waals surface area (Å²) in [5.41, 5.74) is 0.413. The second-order valence-electron chi connectivity index (χ2n) is 4.31. The minimum Gasteiger partial charge on any atom is -0.345 e. The van der Waals surface area contributed by atoms with E-state index in [1.807, 2.05) is 0 Å². The van der Waals surface area contributed by atoms with Crippen LogP contribution in [-0.4, -0.2) is 10.9 Å². The van der Waals surface area contributed by atoms with Crippen molar-refractivity contribution in [1.82, 2.24) is 10.3 Å². The molecule has 1 aromatic heterocycles. The molecule has 2 aromatic rings. The van der Waals surface area contributed by atoms with Gasteiger partial charge in [0, 0.05) is 12.3 Å². The Labute approximate surface area is 113 Å². The number of rotatable bonds is 3. The van der Waals surface area contributed by atoms with Crippen molar-refractivity contribution in [1.29, 1.82) is 0 Å². The third-order valence-corrected chi connectivity index (χ3v) is 2.84. The molecule has 2 N–H and O–H groups in total. The molecule has 0 unspecified atom stereocenters. The van der Waals surface area contributed by atoms with Gasteiger partial charge >= 0.3 is 0 Å². The summed E-state index contributed by atoms with van der Waals surface area (Å²) < 4.78 is 25.9. The summed E-state index contributed by atoms with van der Waals surface area (Å²) in [6.07, 6.45) is 1.29. The number of nitrogens with one attached hydrogen (secondary N) is 2. The number of carbonyl (C=O) groups excluding carboxylic acids is 1. The van der Waals surface area contributed by atoms with Gasteiger partial charge in [-0.3, -0.25) is 9.59 Å². The van der Waals surface area contributed by atoms with Gasteiger partial charge < -0.3 is 10.3 Å². The van der Waals surface area contributed by atoms with Crippen LogP contribution in [0, 0.1) is 11.6 Å². The number of aromatic amines is 1. The highest BCUT2D eigenvalue weighted by molar-refractivity contribution is 5.94. The van der Waals surface area contributed by atoms with Gasteiger partial charge in [-0.1, -0.05) is 6.07 Å². The molecule has 0 aliphatic heterocycles. The SMILES string of the molecule is C[C@@H](NC(=O)c1ccc(=O)[nH]c1)c1ccc(F)c(F)c1. The lowest BCUT2D eigenvalue weighted by Gasteiger charge is -2.14. The van der Waals surface area contributed by atoms with Crippen LogP contribution in [-0.2, 0) is 0 Å². The Morgan fingerprint density at radius 1 is 1.20 bits per heavy atom. The molecule has 0 saturated carbocycles. The van der Waals surface area contributed by atoms with E-state index in [9.17, 15) is 18.4 Å². The summed E-state index contributed by atoms with van der Waals surface area (Å²) in [5, 5.41) is 2.63. The number of hydrogen-bond donors (Lipinski definition) is 2. The maximum atomic E-state index is 13.1. The number of aromatic nitrogens is 1. The number of benzene rings is 1. The molecule has 0 fully saturated rings. The summed E-state index contributed by atoms with van der Waals surface area (Å²) in [7, 11) is 0. The number of hydrogen-bond acceptors (Lipinski definition) is 2. The van der Waals surface area contributed by atoms with Gasteiger partial charge in [0.2, 0.25) is 5.56 Å². The minimum atomic E-state index is -0.965. The van der Waals surface area contributed by atoms with E-state index < -0.39 is 23.6 Å². The van der Waals surface area contributed by atoms with Crippen LogP contribution in [0.25, 0.3) is 0 Å². The standard InChI is InChI=1S/C14H12F2N2O2/c1-8(9-2-4-11(15)12(16)6-9)18-14(20)10-3-5-13(19)17-7-10/h2-8H,1H3,(H,17,19)(H,18,20)/t8-/m1/s1. The van der Waals surface area contributed by atoms with Gasteiger partial charge in [-0.2, -0.15) is 0 Å². The summed E-state index contributed by atoms with van der Waals surface area (Å²) >= 11 is 0. The van der Waals surface area contributed by atoms with E-state index >= 15 is 0 Å². The van der Waals surface area contributed by atoms with Gasteiger partial charge in [-0.05, 0) is 30.7 Å². The lowest BCUT2D eigenvalue weighted by atomic mass is 10.1. The molecule has 6 heteroatoms. The van der Waals surface area contributed by atoms with Crippen LogP contribution >= 0.6 is 0 Å². The van der Waals surface area contributed by atoms with Crippen molar-refractivity contribution < 1.29 is 13.6 Å². The van der Waals surface area contributed by atoms with E-state index in [2.05, 4.69) is 10.3 Å². The van der Waals surface area contributed by atoms with Crippen LogP contribution in [0.5, 0.6) is 0 Å². The molecule has 1 amide bonds. The maximum absolute atomic E-state index is 13.1. The van der Waals surface area contributed by atoms with Gasteiger partial charge in [-0.25, -0.2) is 8.78 Å². The van der Waals surface area contributed by atoms with Crippen molar-refractivity contribution in [2.45, 2.75) is 13.0 Å². The molecular weight excluding hydrogens is 266 g/mol. The van der Waals surface area contributed by atoms with E-state index in [1.54, 1.807) is 6.92 Å². The molecule has 1 heterocycles. The van der Waals surface area contributed by atoms with Crippen LogP contribution in [0.3, 0.4) is 0 Å². The average molecular weight is 278 g/mol. The summed E-state index contributed by atoms with van der Waals surface area (Å²) in [6, 6.07) is 5.56. The number of amides is 1. The Morgan fingerprint density at radius 2 is 1.95 bits per heavy atom. The lowest BCUT2D eigenvalue weighted by Crippen LogP contribution is -2.27. The predicted octanol–water partition coefficient (Wildman–Crippen LogP) is 2.14. The highest BCUT2D eigenvalue weighted by atomic mass is 19.2. The smallest absolute Gasteiger partial charge is 0.253 e. The first-order valence-electron chi connectivity index (χ1n) is 5.92. The maximum Gasteiger partial charge on any atom is 0.253 e. The first kappa shape index (κ1) is 13.9. The zero-order chi connectivity index (χ0) is 14.7. The van der Waals surface area contributed by atoms with Crippen molar-refractivity contribution in [3.8, 4) is 0 Å². The Morgan fingerprint density at radius 3 is 2.55 bits per heavy atom. The zero-order valence-corrected chi connectivity index (χ0v) is 10.6. The predicted molar refractivity (Wildman–Crippen MR) is 69.3 cm³/mol. The van der Waals surface area contributed by atoms with Crippen molar-refractivity contribution in [2.24, 2.45) is 0 Å². The molecule has 1 atom stereocenters. The fourth-order valence-electron chi connectivity index (χ4n) is 1.70. The first-order valence-corrected chi connectivity index (χ1v) is 5.92. The number of pyridine rings is 1. The Hall–Kier alpha value is -2.50. The molecule has 0 radical (unpaired) electrons. The van der Waals surface area contributed by atoms with Gasteiger partial charge in [0.15, 0.2) is 11.6 Å². The normalized spacial score (nSPS) is 11.9. The Kier molecular flexibility index (Phi) is 3.93. The first-order chi connectivity index (χ1) is 9.47. The molecular formula is C14H12F2N2O2. The highest BCUT2D eigenvalue weighted by Gasteiger charge is 2.13. The highest BCUT2D eigenvalue weighted by Crippen LogP contribution is 2.16. The quantitative estimate of drug-likeness (QED) is 0.903. The molecule has 0 aliphatic rings. The lowest BCUT2D eigenvalue weighted by molar-refractivity contribution is 0.0939. The minimum absolute atomic E-state index is 0.277. The number of H-pyrrole nitrogens is 1. The number of carbonyl (C=O) groups is 1. The van der Waals surface area contributed by atoms with Gasteiger partial charge in [0.1, 0.15) is 0 Å². The third-order valence-electron chi connectivity index (χ3n) is 2.84. The fraction of sp³-hybridized carbons (Fsp3) is 0.143. The van der Waals surface area contributed by atoms with E-state index in [1.165, 1.54) is 24.4 Å². The van der Waals surface area contributed by atoms with Crippen LogP contribution in [0.2, 0.25) is 0 Å². The van der Waals surface area contributed by atoms with Crippen LogP contribution in [0.15, 0.2) is 41.3 Å². The largest absolute Gasteiger partial charge is 0.345 e. The van der Waals surface area contributed by atoms with Gasteiger partial charge in [-0.15, -0.1) is 0 Å². The van der Waals surface area contributed by atoms with Crippen LogP contribution < -0.4 is 10.9 Å². The average Bonchev–Trinajstić information content (AvgIpc) is 2.42. The summed E-state index contributed by atoms with van der Waals surface area (Å²) in [6.45, 7) is 1.65. The van der Waals surface area contributed by atoms with Crippen LogP contribution in [0.4, 0.5) is 8.78 Å². The number of halogens is 2. The monoisotopic (exact) mass is 278 g/mol. The topological polar surface area (TPSA) is 62.0 Å². The van der Waals surface area contributed by atoms with E-state index in [-0.39, 0.29) is 11.1 Å². The summed E-state index contributed by atoms with van der Waals surface area (Å²) in [4.78, 5) is 25.2. The van der Waals surface area contributed by atoms with E-state index in [4.69, 9.17) is 0 Å². The zero-order valence-electron chi connectivity index (χ0n) is 10.6. The molecule has 0 bridgehead atoms. The van der Waals surface area contributed by atoms with E-state index in [0.29, 0.717) is 5.56 Å². The molecule has 2 rings (SSSR count). The van der Waals surface area contributed by atoms with Crippen molar-refractivity contribution in [3.63, 3.8) is 0 Å². The molecule has 20 heavy (non-hydrogen) atoms. The molecule has 0 aliphatic carbocycles. The van der Waals surface area contributed by atoms with Gasteiger partial charge in [0.05, 0.1) is 11.6 Å². The fourth-order valence-corrected chi connectivity index (χ4v) is 1.70.